The van der Waals surface area contributed by atoms with E-state index in [9.17, 15) is 0 Å². The average Bonchev–Trinajstić information content (AvgIpc) is 2.87. The SMILES string of the molecule is c1cc(NC2=NCCN2)c2cc[nH]c2c1. The normalized spacial score (nSPS) is 15.1. The van der Waals surface area contributed by atoms with Crippen LogP contribution in [0, 0.1) is 0 Å². The number of rotatable bonds is 1. The molecule has 3 N–H and O–H groups in total. The van der Waals surface area contributed by atoms with Gasteiger partial charge in [0.15, 0.2) is 5.96 Å². The van der Waals surface area contributed by atoms with Crippen molar-refractivity contribution in [2.24, 2.45) is 4.99 Å². The van der Waals surface area contributed by atoms with E-state index >= 15 is 0 Å². The maximum absolute atomic E-state index is 4.31. The number of nitrogens with one attached hydrogen (secondary N) is 3. The molecule has 1 aliphatic rings. The number of hydrogen-bond acceptors (Lipinski definition) is 3. The minimum Gasteiger partial charge on any atom is -0.361 e. The molecular formula is C11H12N4. The molecule has 0 fully saturated rings. The summed E-state index contributed by atoms with van der Waals surface area (Å²) in [5.74, 6) is 0.865. The van der Waals surface area contributed by atoms with Crippen LogP contribution in [0.15, 0.2) is 35.5 Å². The minimum absolute atomic E-state index is 0.853. The molecule has 76 valence electrons. The average molecular weight is 200 g/mol. The van der Waals surface area contributed by atoms with Gasteiger partial charge < -0.3 is 15.6 Å². The number of benzene rings is 1. The molecule has 3 rings (SSSR count). The number of hydrogen-bond donors (Lipinski definition) is 3. The van der Waals surface area contributed by atoms with Gasteiger partial charge in [-0.15, -0.1) is 0 Å². The number of anilines is 1. The summed E-state index contributed by atoms with van der Waals surface area (Å²) in [6.45, 7) is 1.77. The van der Waals surface area contributed by atoms with E-state index < -0.39 is 0 Å². The van der Waals surface area contributed by atoms with Gasteiger partial charge in [0.2, 0.25) is 0 Å². The Morgan fingerprint density at radius 1 is 1.27 bits per heavy atom. The van der Waals surface area contributed by atoms with Gasteiger partial charge in [0.1, 0.15) is 0 Å². The van der Waals surface area contributed by atoms with Gasteiger partial charge in [-0.05, 0) is 18.2 Å². The lowest BCUT2D eigenvalue weighted by Gasteiger charge is -2.07. The second-order valence-corrected chi connectivity index (χ2v) is 3.53. The lowest BCUT2D eigenvalue weighted by atomic mass is 10.2. The smallest absolute Gasteiger partial charge is 0.195 e. The van der Waals surface area contributed by atoms with Crippen LogP contribution in [0.3, 0.4) is 0 Å². The van der Waals surface area contributed by atoms with Crippen LogP contribution in [0.4, 0.5) is 5.69 Å². The fourth-order valence-corrected chi connectivity index (χ4v) is 1.80. The predicted molar refractivity (Wildman–Crippen MR) is 62.2 cm³/mol. The molecule has 1 aromatic heterocycles. The van der Waals surface area contributed by atoms with Gasteiger partial charge in [0.25, 0.3) is 0 Å². The molecule has 0 unspecified atom stereocenters. The van der Waals surface area contributed by atoms with E-state index in [0.29, 0.717) is 0 Å². The molecule has 0 aliphatic carbocycles. The maximum Gasteiger partial charge on any atom is 0.195 e. The topological polar surface area (TPSA) is 52.2 Å². The van der Waals surface area contributed by atoms with Crippen molar-refractivity contribution in [3.05, 3.63) is 30.5 Å². The first-order chi connectivity index (χ1) is 7.43. The van der Waals surface area contributed by atoms with Crippen LogP contribution in [-0.4, -0.2) is 24.0 Å². The lowest BCUT2D eigenvalue weighted by molar-refractivity contribution is 0.959. The largest absolute Gasteiger partial charge is 0.361 e. The summed E-state index contributed by atoms with van der Waals surface area (Å²) in [6.07, 6.45) is 1.94. The van der Waals surface area contributed by atoms with E-state index in [1.54, 1.807) is 0 Å². The van der Waals surface area contributed by atoms with Gasteiger partial charge in [-0.1, -0.05) is 6.07 Å². The van der Waals surface area contributed by atoms with Crippen LogP contribution in [-0.2, 0) is 0 Å². The number of fused-ring (bicyclic) bond motifs is 1. The summed E-state index contributed by atoms with van der Waals surface area (Å²) in [7, 11) is 0. The van der Waals surface area contributed by atoms with Gasteiger partial charge in [-0.25, -0.2) is 0 Å². The molecule has 0 atom stereocenters. The third-order valence-corrected chi connectivity index (χ3v) is 2.52. The van der Waals surface area contributed by atoms with Crippen LogP contribution < -0.4 is 10.6 Å². The summed E-state index contributed by atoms with van der Waals surface area (Å²) in [4.78, 5) is 7.49. The Morgan fingerprint density at radius 3 is 3.13 bits per heavy atom. The van der Waals surface area contributed by atoms with Crippen molar-refractivity contribution in [2.45, 2.75) is 0 Å². The molecule has 0 radical (unpaired) electrons. The lowest BCUT2D eigenvalue weighted by Crippen LogP contribution is -2.26. The van der Waals surface area contributed by atoms with Crippen molar-refractivity contribution >= 4 is 22.5 Å². The summed E-state index contributed by atoms with van der Waals surface area (Å²) in [5.41, 5.74) is 2.22. The second kappa shape index (κ2) is 3.31. The second-order valence-electron chi connectivity index (χ2n) is 3.53. The van der Waals surface area contributed by atoms with Gasteiger partial charge in [0, 0.05) is 23.6 Å². The zero-order valence-corrected chi connectivity index (χ0v) is 8.25. The van der Waals surface area contributed by atoms with Crippen molar-refractivity contribution in [2.75, 3.05) is 18.4 Å². The van der Waals surface area contributed by atoms with Gasteiger partial charge >= 0.3 is 0 Å². The summed E-state index contributed by atoms with van der Waals surface area (Å²) < 4.78 is 0. The molecule has 2 aromatic rings. The number of aromatic amines is 1. The zero-order chi connectivity index (χ0) is 10.1. The highest BCUT2D eigenvalue weighted by molar-refractivity contribution is 6.02. The van der Waals surface area contributed by atoms with Crippen molar-refractivity contribution in [1.29, 1.82) is 0 Å². The van der Waals surface area contributed by atoms with E-state index in [4.69, 9.17) is 0 Å². The molecule has 4 nitrogen and oxygen atoms in total. The Morgan fingerprint density at radius 2 is 2.27 bits per heavy atom. The number of aromatic nitrogens is 1. The number of H-pyrrole nitrogens is 1. The van der Waals surface area contributed by atoms with E-state index in [0.717, 1.165) is 30.3 Å². The highest BCUT2D eigenvalue weighted by Crippen LogP contribution is 2.21. The first-order valence-electron chi connectivity index (χ1n) is 5.05. The third kappa shape index (κ3) is 1.44. The number of aliphatic imine (C=N–C) groups is 1. The standard InChI is InChI=1S/C11H12N4/c1-2-9-8(4-5-12-9)10(3-1)15-11-13-6-7-14-11/h1-5,12H,6-7H2,(H2,13,14,15). The fourth-order valence-electron chi connectivity index (χ4n) is 1.80. The summed E-state index contributed by atoms with van der Waals surface area (Å²) >= 11 is 0. The Hall–Kier alpha value is -1.97. The molecule has 1 aliphatic heterocycles. The number of nitrogens with zero attached hydrogens (tertiary/aromatic N) is 1. The Balaban J connectivity index is 1.99. The third-order valence-electron chi connectivity index (χ3n) is 2.52. The van der Waals surface area contributed by atoms with Crippen LogP contribution >= 0.6 is 0 Å². The Kier molecular flexibility index (Phi) is 1.84. The monoisotopic (exact) mass is 200 g/mol. The Bertz CT molecular complexity index is 512. The van der Waals surface area contributed by atoms with Crippen LogP contribution in [0.5, 0.6) is 0 Å². The molecule has 2 heterocycles. The predicted octanol–water partition coefficient (Wildman–Crippen LogP) is 1.54. The van der Waals surface area contributed by atoms with Gasteiger partial charge in [0.05, 0.1) is 12.2 Å². The quantitative estimate of drug-likeness (QED) is 0.654. The number of guanidine groups is 1. The van der Waals surface area contributed by atoms with E-state index in [2.05, 4.69) is 38.8 Å². The molecular weight excluding hydrogens is 188 g/mol. The minimum atomic E-state index is 0.853. The van der Waals surface area contributed by atoms with E-state index in [1.165, 1.54) is 5.39 Å². The van der Waals surface area contributed by atoms with Crippen molar-refractivity contribution in [3.63, 3.8) is 0 Å². The molecule has 4 heteroatoms. The molecule has 1 aromatic carbocycles. The zero-order valence-electron chi connectivity index (χ0n) is 8.25. The molecule has 15 heavy (non-hydrogen) atoms. The fraction of sp³-hybridized carbons (Fsp3) is 0.182. The molecule has 0 amide bonds. The van der Waals surface area contributed by atoms with E-state index in [-0.39, 0.29) is 0 Å². The molecule has 0 saturated heterocycles. The maximum atomic E-state index is 4.31. The van der Waals surface area contributed by atoms with Crippen molar-refractivity contribution in [1.82, 2.24) is 10.3 Å². The van der Waals surface area contributed by atoms with Crippen LogP contribution in [0.2, 0.25) is 0 Å². The molecule has 0 spiro atoms. The first-order valence-corrected chi connectivity index (χ1v) is 5.05. The molecule has 0 bridgehead atoms. The van der Waals surface area contributed by atoms with Crippen LogP contribution in [0.1, 0.15) is 0 Å². The highest BCUT2D eigenvalue weighted by Gasteiger charge is 2.07. The summed E-state index contributed by atoms with van der Waals surface area (Å²) in [6, 6.07) is 8.20. The summed E-state index contributed by atoms with van der Waals surface area (Å²) in [5, 5.41) is 7.67. The van der Waals surface area contributed by atoms with Gasteiger partial charge in [-0.2, -0.15) is 0 Å². The van der Waals surface area contributed by atoms with E-state index in [1.807, 2.05) is 12.3 Å². The van der Waals surface area contributed by atoms with Crippen LogP contribution in [0.25, 0.3) is 10.9 Å². The Labute approximate surface area is 87.4 Å². The molecule has 0 saturated carbocycles. The van der Waals surface area contributed by atoms with Crippen molar-refractivity contribution in [3.8, 4) is 0 Å². The van der Waals surface area contributed by atoms with Gasteiger partial charge in [-0.3, -0.25) is 4.99 Å². The first kappa shape index (κ1) is 8.35. The van der Waals surface area contributed by atoms with Crippen molar-refractivity contribution < 1.29 is 0 Å². The highest BCUT2D eigenvalue weighted by atomic mass is 15.2.